The summed E-state index contributed by atoms with van der Waals surface area (Å²) >= 11 is 0. The fourth-order valence-corrected chi connectivity index (χ4v) is 2.93. The highest BCUT2D eigenvalue weighted by Gasteiger charge is 2.26. The fourth-order valence-electron chi connectivity index (χ4n) is 1.66. The Bertz CT molecular complexity index is 431. The number of nitrogens with one attached hydrogen (secondary N) is 1. The molecule has 0 aromatic heterocycles. The summed E-state index contributed by atoms with van der Waals surface area (Å²) in [6.07, 6.45) is 1.40. The highest BCUT2D eigenvalue weighted by atomic mass is 32.2. The van der Waals surface area contributed by atoms with Crippen LogP contribution in [0.1, 0.15) is 12.8 Å². The van der Waals surface area contributed by atoms with Crippen molar-refractivity contribution in [3.63, 3.8) is 0 Å². The van der Waals surface area contributed by atoms with Gasteiger partial charge in [0.1, 0.15) is 0 Å². The maximum atomic E-state index is 11.1. The third-order valence-corrected chi connectivity index (χ3v) is 4.04. The van der Waals surface area contributed by atoms with Crippen molar-refractivity contribution >= 4 is 20.4 Å². The Kier molecular flexibility index (Phi) is 4.26. The lowest BCUT2D eigenvalue weighted by molar-refractivity contribution is 0.267. The molecule has 1 rings (SSSR count). The predicted octanol–water partition coefficient (Wildman–Crippen LogP) is -2.30. The first-order valence-corrected chi connectivity index (χ1v) is 7.79. The third-order valence-electron chi connectivity index (χ3n) is 2.41. The van der Waals surface area contributed by atoms with E-state index < -0.39 is 20.4 Å². The molecule has 8 nitrogen and oxygen atoms in total. The van der Waals surface area contributed by atoms with E-state index in [0.29, 0.717) is 13.0 Å². The highest BCUT2D eigenvalue weighted by Crippen LogP contribution is 2.17. The molecule has 96 valence electrons. The van der Waals surface area contributed by atoms with Gasteiger partial charge in [-0.3, -0.25) is 0 Å². The monoisotopic (exact) mass is 272 g/mol. The van der Waals surface area contributed by atoms with Gasteiger partial charge in [0.25, 0.3) is 20.4 Å². The maximum Gasteiger partial charge on any atom is 0.276 e. The SMILES string of the molecule is NS(=O)(=O)NCC1CCCN(S(N)(=O)=O)C1. The van der Waals surface area contributed by atoms with Crippen LogP contribution in [0.3, 0.4) is 0 Å². The van der Waals surface area contributed by atoms with Crippen LogP contribution in [0, 0.1) is 5.92 Å². The number of nitrogens with two attached hydrogens (primary N) is 2. The number of rotatable bonds is 4. The second kappa shape index (κ2) is 4.94. The van der Waals surface area contributed by atoms with Crippen molar-refractivity contribution in [2.45, 2.75) is 12.8 Å². The molecule has 1 aliphatic rings. The van der Waals surface area contributed by atoms with Crippen molar-refractivity contribution in [1.29, 1.82) is 0 Å². The lowest BCUT2D eigenvalue weighted by Crippen LogP contribution is -2.46. The summed E-state index contributed by atoms with van der Waals surface area (Å²) in [5.41, 5.74) is 0. The molecule has 0 amide bonds. The van der Waals surface area contributed by atoms with Crippen molar-refractivity contribution in [3.8, 4) is 0 Å². The zero-order valence-electron chi connectivity index (χ0n) is 8.66. The zero-order chi connectivity index (χ0) is 12.4. The molecule has 0 aromatic rings. The lowest BCUT2D eigenvalue weighted by Gasteiger charge is -2.30. The normalized spacial score (nSPS) is 24.5. The van der Waals surface area contributed by atoms with E-state index in [-0.39, 0.29) is 19.0 Å². The molecular formula is C6H16N4O4S2. The highest BCUT2D eigenvalue weighted by molar-refractivity contribution is 7.87. The van der Waals surface area contributed by atoms with Gasteiger partial charge in [0.05, 0.1) is 0 Å². The summed E-state index contributed by atoms with van der Waals surface area (Å²) in [4.78, 5) is 0. The first kappa shape index (κ1) is 13.8. The van der Waals surface area contributed by atoms with Crippen LogP contribution in [0.5, 0.6) is 0 Å². The van der Waals surface area contributed by atoms with E-state index in [9.17, 15) is 16.8 Å². The molecule has 1 saturated heterocycles. The van der Waals surface area contributed by atoms with E-state index in [0.717, 1.165) is 10.7 Å². The van der Waals surface area contributed by atoms with Crippen molar-refractivity contribution in [1.82, 2.24) is 9.03 Å². The summed E-state index contributed by atoms with van der Waals surface area (Å²) in [7, 11) is -7.41. The van der Waals surface area contributed by atoms with Crippen molar-refractivity contribution in [3.05, 3.63) is 0 Å². The standard InChI is InChI=1S/C6H16N4O4S2/c7-15(11,12)9-4-6-2-1-3-10(5-6)16(8,13)14/h6,9H,1-5H2,(H2,7,11,12)(H2,8,13,14). The van der Waals surface area contributed by atoms with Crippen molar-refractivity contribution in [2.75, 3.05) is 19.6 Å². The Balaban J connectivity index is 2.52. The molecule has 1 aliphatic heterocycles. The van der Waals surface area contributed by atoms with Gasteiger partial charge >= 0.3 is 0 Å². The van der Waals surface area contributed by atoms with E-state index in [1.807, 2.05) is 0 Å². The number of hydrogen-bond donors (Lipinski definition) is 3. The van der Waals surface area contributed by atoms with Gasteiger partial charge in [0.2, 0.25) is 0 Å². The second-order valence-electron chi connectivity index (χ2n) is 3.80. The van der Waals surface area contributed by atoms with E-state index in [4.69, 9.17) is 10.3 Å². The molecule has 0 radical (unpaired) electrons. The van der Waals surface area contributed by atoms with Crippen LogP contribution in [-0.2, 0) is 20.4 Å². The fraction of sp³-hybridized carbons (Fsp3) is 1.00. The molecule has 0 saturated carbocycles. The topological polar surface area (TPSA) is 136 Å². The van der Waals surface area contributed by atoms with Crippen molar-refractivity contribution in [2.24, 2.45) is 16.2 Å². The Labute approximate surface area is 95.3 Å². The Hall–Kier alpha value is -0.260. The third kappa shape index (κ3) is 4.72. The Morgan fingerprint density at radius 2 is 1.88 bits per heavy atom. The number of piperidine rings is 1. The first-order valence-electron chi connectivity index (χ1n) is 4.74. The predicted molar refractivity (Wildman–Crippen MR) is 58.5 cm³/mol. The van der Waals surface area contributed by atoms with E-state index in [1.165, 1.54) is 0 Å². The van der Waals surface area contributed by atoms with Crippen LogP contribution in [0.15, 0.2) is 0 Å². The molecular weight excluding hydrogens is 256 g/mol. The van der Waals surface area contributed by atoms with Gasteiger partial charge in [-0.25, -0.2) is 15.0 Å². The van der Waals surface area contributed by atoms with Crippen LogP contribution in [-0.4, -0.2) is 40.8 Å². The van der Waals surface area contributed by atoms with Gasteiger partial charge in [0.15, 0.2) is 0 Å². The average molecular weight is 272 g/mol. The molecule has 1 unspecified atom stereocenters. The molecule has 0 aromatic carbocycles. The minimum Gasteiger partial charge on any atom is -0.216 e. The van der Waals surface area contributed by atoms with Crippen LogP contribution in [0.4, 0.5) is 0 Å². The second-order valence-corrected chi connectivity index (χ2v) is 6.73. The van der Waals surface area contributed by atoms with Gasteiger partial charge in [-0.2, -0.15) is 21.1 Å². The maximum absolute atomic E-state index is 11.1. The first-order chi connectivity index (χ1) is 7.18. The zero-order valence-corrected chi connectivity index (χ0v) is 10.3. The molecule has 0 aliphatic carbocycles. The lowest BCUT2D eigenvalue weighted by atomic mass is 10.0. The molecule has 0 bridgehead atoms. The molecule has 5 N–H and O–H groups in total. The molecule has 10 heteroatoms. The van der Waals surface area contributed by atoms with Crippen molar-refractivity contribution < 1.29 is 16.8 Å². The van der Waals surface area contributed by atoms with Gasteiger partial charge < -0.3 is 0 Å². The minimum atomic E-state index is -3.73. The minimum absolute atomic E-state index is 0.0922. The Morgan fingerprint density at radius 1 is 1.25 bits per heavy atom. The molecule has 1 fully saturated rings. The van der Waals surface area contributed by atoms with Crippen LogP contribution in [0.25, 0.3) is 0 Å². The summed E-state index contributed by atoms with van der Waals surface area (Å²) in [5.74, 6) is -0.0922. The largest absolute Gasteiger partial charge is 0.276 e. The molecule has 1 heterocycles. The number of nitrogens with zero attached hydrogens (tertiary/aromatic N) is 1. The van der Waals surface area contributed by atoms with E-state index >= 15 is 0 Å². The summed E-state index contributed by atoms with van der Waals surface area (Å²) < 4.78 is 46.8. The summed E-state index contributed by atoms with van der Waals surface area (Å²) in [5, 5.41) is 9.77. The van der Waals surface area contributed by atoms with E-state index in [1.54, 1.807) is 0 Å². The van der Waals surface area contributed by atoms with E-state index in [2.05, 4.69) is 4.72 Å². The smallest absolute Gasteiger partial charge is 0.216 e. The van der Waals surface area contributed by atoms with Crippen LogP contribution in [0.2, 0.25) is 0 Å². The van der Waals surface area contributed by atoms with Crippen LogP contribution >= 0.6 is 0 Å². The quantitative estimate of drug-likeness (QED) is 0.530. The van der Waals surface area contributed by atoms with Gasteiger partial charge in [0, 0.05) is 19.6 Å². The van der Waals surface area contributed by atoms with Gasteiger partial charge in [-0.1, -0.05) is 0 Å². The molecule has 0 spiro atoms. The average Bonchev–Trinajstić information content (AvgIpc) is 2.13. The molecule has 16 heavy (non-hydrogen) atoms. The van der Waals surface area contributed by atoms with Gasteiger partial charge in [-0.15, -0.1) is 0 Å². The summed E-state index contributed by atoms with van der Waals surface area (Å²) in [6, 6.07) is 0. The summed E-state index contributed by atoms with van der Waals surface area (Å²) in [6.45, 7) is 0.733. The molecule has 1 atom stereocenters. The Morgan fingerprint density at radius 3 is 2.38 bits per heavy atom. The number of hydrogen-bond acceptors (Lipinski definition) is 4. The van der Waals surface area contributed by atoms with Gasteiger partial charge in [-0.05, 0) is 18.8 Å². The van der Waals surface area contributed by atoms with Crippen LogP contribution < -0.4 is 15.0 Å².